The maximum atomic E-state index is 12.8. The standard InChI is InChI=1S/C22H19ClN4O2/c1-14-5-2-3-8-18(14)21(29)27-10-9-19-16(13-27)12-24-22(25-19)26-20(28)15-6-4-7-17(23)11-15/h2-8,11-13,22H,9-10H2,1H3,(H,26,28). The van der Waals surface area contributed by atoms with E-state index in [1.807, 2.05) is 31.2 Å². The number of aryl methyl sites for hydroxylation is 1. The summed E-state index contributed by atoms with van der Waals surface area (Å²) < 4.78 is 0. The molecule has 1 atom stereocenters. The molecule has 4 rings (SSSR count). The second-order valence-electron chi connectivity index (χ2n) is 6.86. The van der Waals surface area contributed by atoms with Crippen LogP contribution in [0.15, 0.2) is 70.3 Å². The zero-order valence-corrected chi connectivity index (χ0v) is 16.6. The van der Waals surface area contributed by atoms with Crippen molar-refractivity contribution in [2.75, 3.05) is 6.54 Å². The molecule has 0 saturated carbocycles. The number of nitrogens with zero attached hydrogens (tertiary/aromatic N) is 3. The van der Waals surface area contributed by atoms with E-state index in [9.17, 15) is 9.59 Å². The van der Waals surface area contributed by atoms with Gasteiger partial charge in [0.1, 0.15) is 0 Å². The Bertz CT molecular complexity index is 1070. The van der Waals surface area contributed by atoms with Crippen molar-refractivity contribution in [2.24, 2.45) is 9.98 Å². The maximum Gasteiger partial charge on any atom is 0.258 e. The number of carbonyl (C=O) groups is 2. The topological polar surface area (TPSA) is 74.1 Å². The van der Waals surface area contributed by atoms with Gasteiger partial charge >= 0.3 is 0 Å². The van der Waals surface area contributed by atoms with Crippen LogP contribution in [0.4, 0.5) is 0 Å². The van der Waals surface area contributed by atoms with E-state index in [1.165, 1.54) is 0 Å². The summed E-state index contributed by atoms with van der Waals surface area (Å²) in [7, 11) is 0. The van der Waals surface area contributed by atoms with Crippen LogP contribution in [-0.2, 0) is 0 Å². The van der Waals surface area contributed by atoms with Gasteiger partial charge in [0, 0.05) is 47.1 Å². The predicted octanol–water partition coefficient (Wildman–Crippen LogP) is 3.62. The lowest BCUT2D eigenvalue weighted by Crippen LogP contribution is -2.38. The second kappa shape index (κ2) is 8.01. The number of carbonyl (C=O) groups excluding carboxylic acids is 2. The van der Waals surface area contributed by atoms with Gasteiger partial charge in [0.05, 0.1) is 5.71 Å². The highest BCUT2D eigenvalue weighted by atomic mass is 35.5. The Hall–Kier alpha value is -3.25. The lowest BCUT2D eigenvalue weighted by Gasteiger charge is -2.28. The first-order chi connectivity index (χ1) is 14.0. The van der Waals surface area contributed by atoms with Gasteiger partial charge in [-0.2, -0.15) is 0 Å². The lowest BCUT2D eigenvalue weighted by atomic mass is 10.0. The zero-order valence-electron chi connectivity index (χ0n) is 15.8. The van der Waals surface area contributed by atoms with E-state index >= 15 is 0 Å². The first-order valence-corrected chi connectivity index (χ1v) is 9.64. The molecule has 146 valence electrons. The van der Waals surface area contributed by atoms with Crippen LogP contribution in [0, 0.1) is 6.92 Å². The van der Waals surface area contributed by atoms with Gasteiger partial charge in [-0.25, -0.2) is 9.98 Å². The van der Waals surface area contributed by atoms with E-state index in [0.717, 1.165) is 16.8 Å². The number of hydrogen-bond acceptors (Lipinski definition) is 4. The molecule has 0 aliphatic carbocycles. The predicted molar refractivity (Wildman–Crippen MR) is 114 cm³/mol. The molecule has 1 N–H and O–H groups in total. The van der Waals surface area contributed by atoms with Crippen molar-refractivity contribution in [2.45, 2.75) is 19.6 Å². The molecule has 0 fully saturated rings. The maximum absolute atomic E-state index is 12.8. The number of benzene rings is 2. The molecule has 6 nitrogen and oxygen atoms in total. The van der Waals surface area contributed by atoms with E-state index in [0.29, 0.717) is 29.1 Å². The molecule has 0 saturated heterocycles. The highest BCUT2D eigenvalue weighted by Gasteiger charge is 2.25. The summed E-state index contributed by atoms with van der Waals surface area (Å²) >= 11 is 5.94. The summed E-state index contributed by atoms with van der Waals surface area (Å²) in [6.07, 6.45) is 3.34. The Kier molecular flexibility index (Phi) is 5.27. The third kappa shape index (κ3) is 4.12. The van der Waals surface area contributed by atoms with Gasteiger partial charge in [-0.15, -0.1) is 0 Å². The molecule has 2 aromatic rings. The quantitative estimate of drug-likeness (QED) is 0.845. The summed E-state index contributed by atoms with van der Waals surface area (Å²) in [5.41, 5.74) is 3.69. The summed E-state index contributed by atoms with van der Waals surface area (Å²) in [6, 6.07) is 14.2. The third-order valence-corrected chi connectivity index (χ3v) is 5.07. The van der Waals surface area contributed by atoms with Crippen molar-refractivity contribution in [1.82, 2.24) is 10.2 Å². The van der Waals surface area contributed by atoms with E-state index in [4.69, 9.17) is 11.6 Å². The van der Waals surface area contributed by atoms with Crippen molar-refractivity contribution >= 4 is 35.3 Å². The zero-order chi connectivity index (χ0) is 20.4. The van der Waals surface area contributed by atoms with Crippen LogP contribution < -0.4 is 5.32 Å². The van der Waals surface area contributed by atoms with Crippen LogP contribution in [0.1, 0.15) is 32.7 Å². The molecule has 2 aromatic carbocycles. The van der Waals surface area contributed by atoms with E-state index in [1.54, 1.807) is 41.6 Å². The number of nitrogens with one attached hydrogen (secondary N) is 1. The first-order valence-electron chi connectivity index (χ1n) is 9.26. The third-order valence-electron chi connectivity index (χ3n) is 4.83. The first kappa shape index (κ1) is 19.1. The Balaban J connectivity index is 1.47. The summed E-state index contributed by atoms with van der Waals surface area (Å²) in [5.74, 6) is -0.335. The average Bonchev–Trinajstić information content (AvgIpc) is 2.73. The van der Waals surface area contributed by atoms with Crippen molar-refractivity contribution in [3.05, 3.63) is 82.0 Å². The lowest BCUT2D eigenvalue weighted by molar-refractivity contribution is 0.0822. The Labute approximate surface area is 173 Å². The van der Waals surface area contributed by atoms with Gasteiger partial charge in [-0.3, -0.25) is 9.59 Å². The van der Waals surface area contributed by atoms with Crippen LogP contribution in [-0.4, -0.2) is 41.5 Å². The van der Waals surface area contributed by atoms with E-state index < -0.39 is 6.29 Å². The summed E-state index contributed by atoms with van der Waals surface area (Å²) in [4.78, 5) is 35.7. The van der Waals surface area contributed by atoms with Crippen LogP contribution in [0.2, 0.25) is 5.02 Å². The molecule has 2 aliphatic rings. The van der Waals surface area contributed by atoms with Gasteiger partial charge in [-0.1, -0.05) is 35.9 Å². The van der Waals surface area contributed by atoms with Gasteiger partial charge in [0.25, 0.3) is 11.8 Å². The molecule has 2 heterocycles. The Morgan fingerprint density at radius 1 is 1.17 bits per heavy atom. The number of hydrogen-bond donors (Lipinski definition) is 1. The van der Waals surface area contributed by atoms with E-state index in [-0.39, 0.29) is 11.8 Å². The van der Waals surface area contributed by atoms with Crippen LogP contribution >= 0.6 is 11.6 Å². The highest BCUT2D eigenvalue weighted by Crippen LogP contribution is 2.20. The molecule has 2 aliphatic heterocycles. The molecule has 0 radical (unpaired) electrons. The highest BCUT2D eigenvalue weighted by molar-refractivity contribution is 6.31. The number of rotatable bonds is 3. The van der Waals surface area contributed by atoms with Crippen LogP contribution in [0.3, 0.4) is 0 Å². The fourth-order valence-electron chi connectivity index (χ4n) is 3.28. The molecular weight excluding hydrogens is 388 g/mol. The molecule has 0 bridgehead atoms. The number of amides is 2. The number of aliphatic imine (C=N–C) groups is 2. The number of allylic oxidation sites excluding steroid dienone is 1. The largest absolute Gasteiger partial charge is 0.314 e. The normalized spacial score (nSPS) is 17.9. The van der Waals surface area contributed by atoms with Gasteiger partial charge < -0.3 is 10.2 Å². The minimum atomic E-state index is -0.688. The minimum absolute atomic E-state index is 0.0422. The van der Waals surface area contributed by atoms with E-state index in [2.05, 4.69) is 15.3 Å². The van der Waals surface area contributed by atoms with Crippen molar-refractivity contribution in [1.29, 1.82) is 0 Å². The minimum Gasteiger partial charge on any atom is -0.314 e. The molecule has 7 heteroatoms. The van der Waals surface area contributed by atoms with Gasteiger partial charge in [0.15, 0.2) is 0 Å². The molecule has 2 amide bonds. The van der Waals surface area contributed by atoms with Crippen molar-refractivity contribution < 1.29 is 9.59 Å². The van der Waals surface area contributed by atoms with Crippen LogP contribution in [0.5, 0.6) is 0 Å². The summed E-state index contributed by atoms with van der Waals surface area (Å²) in [5, 5.41) is 3.26. The van der Waals surface area contributed by atoms with Crippen LogP contribution in [0.25, 0.3) is 0 Å². The average molecular weight is 407 g/mol. The molecule has 0 aromatic heterocycles. The Morgan fingerprint density at radius 3 is 2.79 bits per heavy atom. The fraction of sp³-hybridized carbons (Fsp3) is 0.182. The van der Waals surface area contributed by atoms with Gasteiger partial charge in [-0.05, 0) is 36.8 Å². The fourth-order valence-corrected chi connectivity index (χ4v) is 3.47. The van der Waals surface area contributed by atoms with Crippen molar-refractivity contribution in [3.63, 3.8) is 0 Å². The monoisotopic (exact) mass is 406 g/mol. The number of halogens is 1. The Morgan fingerprint density at radius 2 is 2.00 bits per heavy atom. The molecule has 1 unspecified atom stereocenters. The second-order valence-corrected chi connectivity index (χ2v) is 7.30. The number of fused-ring (bicyclic) bond motifs is 1. The summed E-state index contributed by atoms with van der Waals surface area (Å²) in [6.45, 7) is 2.45. The van der Waals surface area contributed by atoms with Crippen molar-refractivity contribution in [3.8, 4) is 0 Å². The van der Waals surface area contributed by atoms with Gasteiger partial charge in [0.2, 0.25) is 6.29 Å². The molecule has 29 heavy (non-hydrogen) atoms. The smallest absolute Gasteiger partial charge is 0.258 e. The molecular formula is C22H19ClN4O2. The molecule has 0 spiro atoms. The SMILES string of the molecule is Cc1ccccc1C(=O)N1C=C2C=NC(NC(=O)c3cccc(Cl)c3)N=C2CC1.